The number of hydrogen-bond donors (Lipinski definition) is 1. The average Bonchev–Trinajstić information content (AvgIpc) is 2.70. The normalized spacial score (nSPS) is 18.7. The van der Waals surface area contributed by atoms with Gasteiger partial charge in [-0.3, -0.25) is 9.69 Å². The van der Waals surface area contributed by atoms with E-state index in [0.29, 0.717) is 13.0 Å². The van der Waals surface area contributed by atoms with Gasteiger partial charge in [-0.25, -0.2) is 0 Å². The lowest BCUT2D eigenvalue weighted by Gasteiger charge is -2.38. The molecule has 0 spiro atoms. The van der Waals surface area contributed by atoms with Crippen molar-refractivity contribution in [3.8, 4) is 11.5 Å². The van der Waals surface area contributed by atoms with Crippen LogP contribution in [0.25, 0.3) is 0 Å². The van der Waals surface area contributed by atoms with Crippen LogP contribution in [0, 0.1) is 5.92 Å². The molecule has 2 unspecified atom stereocenters. The highest BCUT2D eigenvalue weighted by Crippen LogP contribution is 2.44. The molecule has 1 aliphatic heterocycles. The van der Waals surface area contributed by atoms with Gasteiger partial charge in [0.15, 0.2) is 0 Å². The number of benzene rings is 2. The van der Waals surface area contributed by atoms with Gasteiger partial charge in [-0.15, -0.1) is 0 Å². The molecule has 0 aliphatic carbocycles. The Labute approximate surface area is 168 Å². The molecule has 1 heterocycles. The van der Waals surface area contributed by atoms with Gasteiger partial charge in [0.05, 0.1) is 31.7 Å². The Hall–Kier alpha value is -2.05. The first-order valence-electron chi connectivity index (χ1n) is 8.99. The van der Waals surface area contributed by atoms with Gasteiger partial charge in [-0.05, 0) is 43.1 Å². The first kappa shape index (κ1) is 19.7. The van der Waals surface area contributed by atoms with E-state index in [1.54, 1.807) is 14.2 Å². The van der Waals surface area contributed by atoms with Crippen LogP contribution in [0.2, 0.25) is 0 Å². The molecule has 0 bridgehead atoms. The number of carboxylic acids is 1. The number of nitrogens with zero attached hydrogens (tertiary/aromatic N) is 1. The second-order valence-corrected chi connectivity index (χ2v) is 7.53. The first-order valence-corrected chi connectivity index (χ1v) is 9.78. The predicted molar refractivity (Wildman–Crippen MR) is 107 cm³/mol. The molecule has 2 aromatic carbocycles. The van der Waals surface area contributed by atoms with Crippen LogP contribution in [0.1, 0.15) is 30.0 Å². The zero-order chi connectivity index (χ0) is 19.4. The summed E-state index contributed by atoms with van der Waals surface area (Å²) in [4.78, 5) is 13.8. The van der Waals surface area contributed by atoms with Crippen molar-refractivity contribution in [1.29, 1.82) is 0 Å². The van der Waals surface area contributed by atoms with E-state index >= 15 is 0 Å². The van der Waals surface area contributed by atoms with Crippen LogP contribution in [0.3, 0.4) is 0 Å². The predicted octanol–water partition coefficient (Wildman–Crippen LogP) is 4.35. The molecule has 3 rings (SSSR count). The highest BCUT2D eigenvalue weighted by molar-refractivity contribution is 9.10. The molecule has 144 valence electrons. The number of methoxy groups -OCH3 is 2. The largest absolute Gasteiger partial charge is 0.496 e. The molecular weight excluding hydrogens is 410 g/mol. The van der Waals surface area contributed by atoms with Crippen molar-refractivity contribution in [3.05, 3.63) is 58.1 Å². The zero-order valence-corrected chi connectivity index (χ0v) is 17.1. The molecule has 1 saturated heterocycles. The minimum absolute atomic E-state index is 0.172. The third kappa shape index (κ3) is 4.12. The van der Waals surface area contributed by atoms with Crippen LogP contribution in [-0.4, -0.2) is 43.3 Å². The van der Waals surface area contributed by atoms with Crippen LogP contribution >= 0.6 is 15.9 Å². The highest BCUT2D eigenvalue weighted by atomic mass is 79.9. The first-order chi connectivity index (χ1) is 13.1. The number of halogens is 1. The molecule has 0 saturated carbocycles. The van der Waals surface area contributed by atoms with E-state index in [4.69, 9.17) is 9.47 Å². The Morgan fingerprint density at radius 3 is 2.41 bits per heavy atom. The number of rotatable bonds is 6. The van der Waals surface area contributed by atoms with Crippen molar-refractivity contribution in [1.82, 2.24) is 4.90 Å². The number of hydrogen-bond acceptors (Lipinski definition) is 4. The minimum atomic E-state index is -0.738. The van der Waals surface area contributed by atoms with Crippen molar-refractivity contribution in [2.45, 2.75) is 18.9 Å². The van der Waals surface area contributed by atoms with E-state index in [1.807, 2.05) is 36.4 Å². The van der Waals surface area contributed by atoms with E-state index in [0.717, 1.165) is 40.1 Å². The number of aliphatic carboxylic acids is 1. The molecule has 2 aromatic rings. The van der Waals surface area contributed by atoms with Gasteiger partial charge in [0.25, 0.3) is 0 Å². The van der Waals surface area contributed by atoms with Gasteiger partial charge in [0.1, 0.15) is 11.5 Å². The highest BCUT2D eigenvalue weighted by Gasteiger charge is 2.35. The molecule has 1 aliphatic rings. The Kier molecular flexibility index (Phi) is 6.39. The van der Waals surface area contributed by atoms with Crippen LogP contribution < -0.4 is 9.47 Å². The van der Waals surface area contributed by atoms with Crippen LogP contribution in [0.4, 0.5) is 0 Å². The average molecular weight is 434 g/mol. The van der Waals surface area contributed by atoms with Gasteiger partial charge >= 0.3 is 5.97 Å². The van der Waals surface area contributed by atoms with E-state index in [9.17, 15) is 9.90 Å². The van der Waals surface area contributed by atoms with E-state index in [1.165, 1.54) is 0 Å². The van der Waals surface area contributed by atoms with Gasteiger partial charge in [0.2, 0.25) is 0 Å². The van der Waals surface area contributed by atoms with E-state index < -0.39 is 5.97 Å². The molecule has 2 atom stereocenters. The second-order valence-electron chi connectivity index (χ2n) is 6.67. The molecule has 5 nitrogen and oxygen atoms in total. The second kappa shape index (κ2) is 8.76. The smallest absolute Gasteiger partial charge is 0.307 e. The maximum absolute atomic E-state index is 11.6. The minimum Gasteiger partial charge on any atom is -0.496 e. The summed E-state index contributed by atoms with van der Waals surface area (Å²) in [7, 11) is 3.29. The van der Waals surface area contributed by atoms with Gasteiger partial charge in [-0.1, -0.05) is 40.2 Å². The number of carboxylic acid groups (broad SMARTS) is 1. The van der Waals surface area contributed by atoms with Gasteiger partial charge in [-0.2, -0.15) is 0 Å². The lowest BCUT2D eigenvalue weighted by atomic mass is 9.90. The molecule has 6 heteroatoms. The van der Waals surface area contributed by atoms with Crippen LogP contribution in [0.5, 0.6) is 11.5 Å². The van der Waals surface area contributed by atoms with E-state index in [-0.39, 0.29) is 12.0 Å². The fraction of sp³-hybridized carbons (Fsp3) is 0.381. The summed E-state index contributed by atoms with van der Waals surface area (Å²) in [5, 5.41) is 9.55. The quantitative estimate of drug-likeness (QED) is 0.733. The maximum Gasteiger partial charge on any atom is 0.307 e. The molecular formula is C21H24BrNO4. The summed E-state index contributed by atoms with van der Waals surface area (Å²) in [6.07, 6.45) is 1.55. The summed E-state index contributed by atoms with van der Waals surface area (Å²) in [5.41, 5.74) is 1.98. The number of carbonyl (C=O) groups is 1. The topological polar surface area (TPSA) is 59.0 Å². The van der Waals surface area contributed by atoms with Crippen LogP contribution in [0.15, 0.2) is 46.9 Å². The molecule has 1 N–H and O–H groups in total. The maximum atomic E-state index is 11.6. The Morgan fingerprint density at radius 2 is 1.81 bits per heavy atom. The standard InChI is InChI=1S/C21H24BrNO4/c1-26-17-10-5-11-18(27-2)19(17)20(15-8-3-4-9-16(15)22)23-12-6-7-14(13-23)21(24)25/h3-5,8-11,14,20H,6-7,12-13H2,1-2H3,(H,24,25). The number of ether oxygens (including phenoxy) is 2. The van der Waals surface area contributed by atoms with Crippen molar-refractivity contribution in [2.24, 2.45) is 5.92 Å². The Morgan fingerprint density at radius 1 is 1.15 bits per heavy atom. The molecule has 0 radical (unpaired) electrons. The third-order valence-corrected chi connectivity index (χ3v) is 5.83. The van der Waals surface area contributed by atoms with Crippen molar-refractivity contribution in [2.75, 3.05) is 27.3 Å². The fourth-order valence-electron chi connectivity index (χ4n) is 3.82. The van der Waals surface area contributed by atoms with E-state index in [2.05, 4.69) is 26.9 Å². The summed E-state index contributed by atoms with van der Waals surface area (Å²) >= 11 is 3.67. The summed E-state index contributed by atoms with van der Waals surface area (Å²) in [5.74, 6) is 0.349. The monoisotopic (exact) mass is 433 g/mol. The lowest BCUT2D eigenvalue weighted by Crippen LogP contribution is -2.41. The lowest BCUT2D eigenvalue weighted by molar-refractivity contribution is -0.143. The van der Waals surface area contributed by atoms with Crippen LogP contribution in [-0.2, 0) is 4.79 Å². The van der Waals surface area contributed by atoms with Gasteiger partial charge in [0, 0.05) is 11.0 Å². The SMILES string of the molecule is COc1cccc(OC)c1C(c1ccccc1Br)N1CCCC(C(=O)O)C1. The van der Waals surface area contributed by atoms with Crippen molar-refractivity contribution in [3.63, 3.8) is 0 Å². The number of likely N-dealkylation sites (tertiary alicyclic amines) is 1. The fourth-order valence-corrected chi connectivity index (χ4v) is 4.33. The molecule has 1 fully saturated rings. The van der Waals surface area contributed by atoms with Crippen molar-refractivity contribution >= 4 is 21.9 Å². The molecule has 0 amide bonds. The Bertz CT molecular complexity index is 788. The zero-order valence-electron chi connectivity index (χ0n) is 15.5. The summed E-state index contributed by atoms with van der Waals surface area (Å²) < 4.78 is 12.3. The summed E-state index contributed by atoms with van der Waals surface area (Å²) in [6.45, 7) is 1.31. The summed E-state index contributed by atoms with van der Waals surface area (Å²) in [6, 6.07) is 13.6. The van der Waals surface area contributed by atoms with Crippen molar-refractivity contribution < 1.29 is 19.4 Å². The third-order valence-electron chi connectivity index (χ3n) is 5.11. The molecule has 0 aromatic heterocycles. The van der Waals surface area contributed by atoms with Gasteiger partial charge < -0.3 is 14.6 Å². The Balaban J connectivity index is 2.15. The molecule has 27 heavy (non-hydrogen) atoms. The number of piperidine rings is 1.